The van der Waals surface area contributed by atoms with Crippen molar-refractivity contribution in [3.63, 3.8) is 0 Å². The van der Waals surface area contributed by atoms with E-state index in [0.717, 1.165) is 50.3 Å². The average Bonchev–Trinajstić information content (AvgIpc) is 2.99. The average molecular weight is 260 g/mol. The number of hydrogen-bond donors (Lipinski definition) is 1. The molecule has 1 fully saturated rings. The number of aryl methyl sites for hydroxylation is 1. The SMILES string of the molecule is O=C(COc1ccc2c(c1)NCCC2)N1CCCC1. The van der Waals surface area contributed by atoms with Crippen LogP contribution in [0.2, 0.25) is 0 Å². The second-order valence-electron chi connectivity index (χ2n) is 5.23. The minimum absolute atomic E-state index is 0.100. The van der Waals surface area contributed by atoms with Crippen LogP contribution in [0.25, 0.3) is 0 Å². The Balaban J connectivity index is 1.59. The number of hydrogen-bond acceptors (Lipinski definition) is 3. The number of anilines is 1. The predicted octanol–water partition coefficient (Wildman–Crippen LogP) is 2.05. The van der Waals surface area contributed by atoms with E-state index in [2.05, 4.69) is 11.4 Å². The molecule has 102 valence electrons. The molecule has 1 amide bonds. The Labute approximate surface area is 113 Å². The maximum atomic E-state index is 11.9. The molecule has 0 aliphatic carbocycles. The molecule has 0 spiro atoms. The molecule has 2 heterocycles. The van der Waals surface area contributed by atoms with E-state index in [4.69, 9.17) is 4.74 Å². The van der Waals surface area contributed by atoms with Crippen LogP contribution < -0.4 is 10.1 Å². The van der Waals surface area contributed by atoms with Gasteiger partial charge in [0.25, 0.3) is 5.91 Å². The van der Waals surface area contributed by atoms with Crippen LogP contribution in [0, 0.1) is 0 Å². The zero-order valence-corrected chi connectivity index (χ0v) is 11.2. The van der Waals surface area contributed by atoms with Crippen molar-refractivity contribution in [2.45, 2.75) is 25.7 Å². The molecule has 3 rings (SSSR count). The van der Waals surface area contributed by atoms with Crippen LogP contribution in [-0.2, 0) is 11.2 Å². The minimum Gasteiger partial charge on any atom is -0.484 e. The summed E-state index contributed by atoms with van der Waals surface area (Å²) in [6.07, 6.45) is 4.54. The zero-order chi connectivity index (χ0) is 13.1. The Hall–Kier alpha value is -1.71. The highest BCUT2D eigenvalue weighted by Crippen LogP contribution is 2.26. The summed E-state index contributed by atoms with van der Waals surface area (Å²) in [7, 11) is 0. The molecule has 0 radical (unpaired) electrons. The number of carbonyl (C=O) groups is 1. The molecule has 1 saturated heterocycles. The molecule has 0 aromatic heterocycles. The topological polar surface area (TPSA) is 41.6 Å². The number of nitrogens with one attached hydrogen (secondary N) is 1. The summed E-state index contributed by atoms with van der Waals surface area (Å²) in [4.78, 5) is 13.8. The predicted molar refractivity (Wildman–Crippen MR) is 74.6 cm³/mol. The monoisotopic (exact) mass is 260 g/mol. The number of nitrogens with zero attached hydrogens (tertiary/aromatic N) is 1. The fourth-order valence-corrected chi connectivity index (χ4v) is 2.73. The first-order valence-corrected chi connectivity index (χ1v) is 7.10. The van der Waals surface area contributed by atoms with Gasteiger partial charge in [-0.05, 0) is 37.3 Å². The van der Waals surface area contributed by atoms with Gasteiger partial charge < -0.3 is 15.0 Å². The van der Waals surface area contributed by atoms with Gasteiger partial charge >= 0.3 is 0 Å². The van der Waals surface area contributed by atoms with Crippen molar-refractivity contribution in [1.82, 2.24) is 4.90 Å². The number of fused-ring (bicyclic) bond motifs is 1. The van der Waals surface area contributed by atoms with Gasteiger partial charge in [0.1, 0.15) is 5.75 Å². The number of benzene rings is 1. The molecule has 0 atom stereocenters. The molecule has 4 nitrogen and oxygen atoms in total. The van der Waals surface area contributed by atoms with E-state index in [-0.39, 0.29) is 12.5 Å². The molecule has 0 bridgehead atoms. The summed E-state index contributed by atoms with van der Waals surface area (Å²) in [6.45, 7) is 2.93. The highest BCUT2D eigenvalue weighted by Gasteiger charge is 2.18. The lowest BCUT2D eigenvalue weighted by molar-refractivity contribution is -0.132. The lowest BCUT2D eigenvalue weighted by atomic mass is 10.0. The molecule has 4 heteroatoms. The van der Waals surface area contributed by atoms with Gasteiger partial charge in [0.15, 0.2) is 6.61 Å². The number of carbonyl (C=O) groups excluding carboxylic acids is 1. The second-order valence-corrected chi connectivity index (χ2v) is 5.23. The maximum absolute atomic E-state index is 11.9. The first-order valence-electron chi connectivity index (χ1n) is 7.10. The van der Waals surface area contributed by atoms with E-state index in [1.165, 1.54) is 12.0 Å². The van der Waals surface area contributed by atoms with Crippen molar-refractivity contribution in [2.75, 3.05) is 31.6 Å². The molecule has 1 N–H and O–H groups in total. The summed E-state index contributed by atoms with van der Waals surface area (Å²) < 4.78 is 5.62. The van der Waals surface area contributed by atoms with E-state index in [1.54, 1.807) is 0 Å². The Bertz CT molecular complexity index is 467. The van der Waals surface area contributed by atoms with Gasteiger partial charge in [0.2, 0.25) is 0 Å². The maximum Gasteiger partial charge on any atom is 0.260 e. The van der Waals surface area contributed by atoms with Crippen LogP contribution in [0.4, 0.5) is 5.69 Å². The van der Waals surface area contributed by atoms with Crippen molar-refractivity contribution in [2.24, 2.45) is 0 Å². The second kappa shape index (κ2) is 5.51. The molecule has 2 aliphatic rings. The van der Waals surface area contributed by atoms with Crippen LogP contribution in [0.1, 0.15) is 24.8 Å². The summed E-state index contributed by atoms with van der Waals surface area (Å²) >= 11 is 0. The molecule has 0 saturated carbocycles. The third-order valence-corrected chi connectivity index (χ3v) is 3.84. The molecule has 19 heavy (non-hydrogen) atoms. The number of rotatable bonds is 3. The Morgan fingerprint density at radius 1 is 1.26 bits per heavy atom. The molecule has 0 unspecified atom stereocenters. The fraction of sp³-hybridized carbons (Fsp3) is 0.533. The number of ether oxygens (including phenoxy) is 1. The normalized spacial score (nSPS) is 17.8. The standard InChI is InChI=1S/C15H20N2O2/c18-15(17-8-1-2-9-17)11-19-13-6-5-12-4-3-7-16-14(12)10-13/h5-6,10,16H,1-4,7-9,11H2. The van der Waals surface area contributed by atoms with E-state index in [0.29, 0.717) is 0 Å². The minimum atomic E-state index is 0.100. The third-order valence-electron chi connectivity index (χ3n) is 3.84. The number of likely N-dealkylation sites (tertiary alicyclic amines) is 1. The van der Waals surface area contributed by atoms with Crippen LogP contribution in [-0.4, -0.2) is 37.0 Å². The Kier molecular flexibility index (Phi) is 3.58. The van der Waals surface area contributed by atoms with Gasteiger partial charge in [-0.3, -0.25) is 4.79 Å². The van der Waals surface area contributed by atoms with Gasteiger partial charge in [-0.15, -0.1) is 0 Å². The van der Waals surface area contributed by atoms with Crippen LogP contribution in [0.5, 0.6) is 5.75 Å². The van der Waals surface area contributed by atoms with E-state index in [1.807, 2.05) is 17.0 Å². The fourth-order valence-electron chi connectivity index (χ4n) is 2.73. The van der Waals surface area contributed by atoms with E-state index < -0.39 is 0 Å². The van der Waals surface area contributed by atoms with Crippen LogP contribution >= 0.6 is 0 Å². The quantitative estimate of drug-likeness (QED) is 0.904. The highest BCUT2D eigenvalue weighted by atomic mass is 16.5. The Morgan fingerprint density at radius 2 is 2.11 bits per heavy atom. The largest absolute Gasteiger partial charge is 0.484 e. The van der Waals surface area contributed by atoms with Crippen LogP contribution in [0.15, 0.2) is 18.2 Å². The van der Waals surface area contributed by atoms with Crippen molar-refractivity contribution in [3.05, 3.63) is 23.8 Å². The highest BCUT2D eigenvalue weighted by molar-refractivity contribution is 5.78. The summed E-state index contributed by atoms with van der Waals surface area (Å²) in [5, 5.41) is 3.37. The molecule has 2 aliphatic heterocycles. The summed E-state index contributed by atoms with van der Waals surface area (Å²) in [5.41, 5.74) is 2.49. The van der Waals surface area contributed by atoms with Crippen molar-refractivity contribution < 1.29 is 9.53 Å². The van der Waals surface area contributed by atoms with Gasteiger partial charge in [-0.1, -0.05) is 6.07 Å². The summed E-state index contributed by atoms with van der Waals surface area (Å²) in [6, 6.07) is 6.06. The molecule has 1 aromatic carbocycles. The van der Waals surface area contributed by atoms with Gasteiger partial charge in [-0.25, -0.2) is 0 Å². The van der Waals surface area contributed by atoms with Gasteiger partial charge in [0.05, 0.1) is 0 Å². The van der Waals surface area contributed by atoms with Gasteiger partial charge in [0, 0.05) is 31.4 Å². The smallest absolute Gasteiger partial charge is 0.260 e. The molecule has 1 aromatic rings. The lowest BCUT2D eigenvalue weighted by Crippen LogP contribution is -2.32. The molecular weight excluding hydrogens is 240 g/mol. The van der Waals surface area contributed by atoms with E-state index in [9.17, 15) is 4.79 Å². The lowest BCUT2D eigenvalue weighted by Gasteiger charge is -2.19. The van der Waals surface area contributed by atoms with E-state index >= 15 is 0 Å². The first kappa shape index (κ1) is 12.3. The zero-order valence-electron chi connectivity index (χ0n) is 11.2. The Morgan fingerprint density at radius 3 is 2.95 bits per heavy atom. The summed E-state index contributed by atoms with van der Waals surface area (Å²) in [5.74, 6) is 0.879. The molecular formula is C15H20N2O2. The van der Waals surface area contributed by atoms with Crippen molar-refractivity contribution >= 4 is 11.6 Å². The third kappa shape index (κ3) is 2.83. The van der Waals surface area contributed by atoms with Crippen molar-refractivity contribution in [3.8, 4) is 5.75 Å². The number of amides is 1. The van der Waals surface area contributed by atoms with Gasteiger partial charge in [-0.2, -0.15) is 0 Å². The van der Waals surface area contributed by atoms with Crippen molar-refractivity contribution in [1.29, 1.82) is 0 Å². The van der Waals surface area contributed by atoms with Crippen LogP contribution in [0.3, 0.4) is 0 Å². The first-order chi connectivity index (χ1) is 9.33.